The van der Waals surface area contributed by atoms with E-state index in [2.05, 4.69) is 28.8 Å². The fraction of sp³-hybridized carbons (Fsp3) is 0.462. The number of aromatic nitrogens is 1. The van der Waals surface area contributed by atoms with Crippen molar-refractivity contribution >= 4 is 10.8 Å². The largest absolute Gasteiger partial charge is 0.573 e. The molecular formula is C26H31F3N2O2. The number of benzene rings is 2. The smallest absolute Gasteiger partial charge is 0.494 e. The maximum absolute atomic E-state index is 12.4. The first-order valence-electron chi connectivity index (χ1n) is 11.5. The molecule has 0 unspecified atom stereocenters. The molecule has 33 heavy (non-hydrogen) atoms. The lowest BCUT2D eigenvalue weighted by Crippen LogP contribution is -2.30. The Hall–Kier alpha value is -2.67. The average molecular weight is 461 g/mol. The molecule has 7 heteroatoms. The summed E-state index contributed by atoms with van der Waals surface area (Å²) >= 11 is 0. The Morgan fingerprint density at radius 1 is 1.06 bits per heavy atom. The number of nitrogens with zero attached hydrogens (tertiary/aromatic N) is 2. The molecule has 0 radical (unpaired) electrons. The minimum absolute atomic E-state index is 0.177. The standard InChI is InChI=1S/C26H31F3N2O2/c1-18-14-21(5-3-4-19-10-12-30(2)13-11-19)15-22-17-31(25(32)24(18)22)16-20-6-8-23(9-7-20)33-26(27,28)29/h6-9,14-15,17,19,32H,3-5,10-13,16H2,1-2H3. The lowest BCUT2D eigenvalue weighted by atomic mass is 9.90. The van der Waals surface area contributed by atoms with Crippen LogP contribution in [0.3, 0.4) is 0 Å². The van der Waals surface area contributed by atoms with Crippen LogP contribution in [-0.2, 0) is 13.0 Å². The molecule has 1 saturated heterocycles. The van der Waals surface area contributed by atoms with E-state index in [0.29, 0.717) is 6.54 Å². The number of aryl methyl sites for hydroxylation is 2. The first kappa shape index (κ1) is 23.5. The van der Waals surface area contributed by atoms with E-state index < -0.39 is 6.36 Å². The minimum atomic E-state index is -4.71. The lowest BCUT2D eigenvalue weighted by Gasteiger charge is -2.28. The zero-order valence-electron chi connectivity index (χ0n) is 19.2. The Bertz CT molecular complexity index is 1080. The first-order chi connectivity index (χ1) is 15.7. The highest BCUT2D eigenvalue weighted by Crippen LogP contribution is 2.33. The topological polar surface area (TPSA) is 37.6 Å². The van der Waals surface area contributed by atoms with Crippen LogP contribution in [0.1, 0.15) is 42.4 Å². The van der Waals surface area contributed by atoms with Gasteiger partial charge in [-0.15, -0.1) is 13.2 Å². The van der Waals surface area contributed by atoms with E-state index in [1.807, 2.05) is 13.1 Å². The number of rotatable bonds is 7. The van der Waals surface area contributed by atoms with Crippen LogP contribution in [0.2, 0.25) is 0 Å². The number of halogens is 3. The molecule has 3 aromatic rings. The molecule has 0 amide bonds. The first-order valence-corrected chi connectivity index (χ1v) is 11.5. The molecule has 0 saturated carbocycles. The van der Waals surface area contributed by atoms with Crippen LogP contribution in [0.25, 0.3) is 10.8 Å². The molecule has 1 aliphatic rings. The van der Waals surface area contributed by atoms with E-state index in [1.54, 1.807) is 16.7 Å². The van der Waals surface area contributed by atoms with Gasteiger partial charge in [0.2, 0.25) is 0 Å². The number of fused-ring (bicyclic) bond motifs is 1. The van der Waals surface area contributed by atoms with Gasteiger partial charge < -0.3 is 19.3 Å². The number of likely N-dealkylation sites (tertiary alicyclic amines) is 1. The van der Waals surface area contributed by atoms with Crippen LogP contribution in [0.5, 0.6) is 11.6 Å². The number of ether oxygens (including phenoxy) is 1. The van der Waals surface area contributed by atoms with Gasteiger partial charge in [-0.25, -0.2) is 0 Å². The van der Waals surface area contributed by atoms with Crippen LogP contribution < -0.4 is 4.74 Å². The van der Waals surface area contributed by atoms with Crippen molar-refractivity contribution in [1.29, 1.82) is 0 Å². The molecule has 1 aromatic heterocycles. The Morgan fingerprint density at radius 3 is 2.42 bits per heavy atom. The predicted octanol–water partition coefficient (Wildman–Crippen LogP) is 6.27. The molecule has 1 fully saturated rings. The summed E-state index contributed by atoms with van der Waals surface area (Å²) in [5, 5.41) is 12.6. The van der Waals surface area contributed by atoms with Crippen molar-refractivity contribution < 1.29 is 23.0 Å². The van der Waals surface area contributed by atoms with Crippen molar-refractivity contribution in [2.75, 3.05) is 20.1 Å². The van der Waals surface area contributed by atoms with E-state index in [1.165, 1.54) is 56.5 Å². The van der Waals surface area contributed by atoms with Crippen LogP contribution in [0.15, 0.2) is 42.6 Å². The van der Waals surface area contributed by atoms with Gasteiger partial charge in [-0.1, -0.05) is 24.6 Å². The molecular weight excluding hydrogens is 429 g/mol. The average Bonchev–Trinajstić information content (AvgIpc) is 3.05. The zero-order chi connectivity index (χ0) is 23.6. The van der Waals surface area contributed by atoms with E-state index in [9.17, 15) is 18.3 Å². The van der Waals surface area contributed by atoms with Crippen molar-refractivity contribution in [3.63, 3.8) is 0 Å². The van der Waals surface area contributed by atoms with Crippen molar-refractivity contribution in [3.05, 3.63) is 59.3 Å². The van der Waals surface area contributed by atoms with Gasteiger partial charge in [-0.3, -0.25) is 0 Å². The second-order valence-electron chi connectivity index (χ2n) is 9.29. The highest BCUT2D eigenvalue weighted by atomic mass is 19.4. The number of hydrogen-bond donors (Lipinski definition) is 1. The molecule has 178 valence electrons. The third-order valence-corrected chi connectivity index (χ3v) is 6.64. The monoisotopic (exact) mass is 460 g/mol. The number of hydrogen-bond acceptors (Lipinski definition) is 3. The summed E-state index contributed by atoms with van der Waals surface area (Å²) in [5.74, 6) is 0.744. The zero-order valence-corrected chi connectivity index (χ0v) is 19.2. The van der Waals surface area contributed by atoms with E-state index in [-0.39, 0.29) is 11.6 Å². The number of piperidine rings is 1. The third-order valence-electron chi connectivity index (χ3n) is 6.64. The van der Waals surface area contributed by atoms with Crippen LogP contribution in [-0.4, -0.2) is 41.1 Å². The van der Waals surface area contributed by atoms with Gasteiger partial charge in [0, 0.05) is 17.0 Å². The minimum Gasteiger partial charge on any atom is -0.494 e. The van der Waals surface area contributed by atoms with Gasteiger partial charge in [-0.05, 0) is 93.6 Å². The van der Waals surface area contributed by atoms with Crippen LogP contribution >= 0.6 is 0 Å². The Kier molecular flexibility index (Phi) is 6.88. The lowest BCUT2D eigenvalue weighted by molar-refractivity contribution is -0.274. The third kappa shape index (κ3) is 6.02. The summed E-state index contributed by atoms with van der Waals surface area (Å²) in [5.41, 5.74) is 3.09. The van der Waals surface area contributed by atoms with Crippen LogP contribution in [0, 0.1) is 12.8 Å². The second-order valence-corrected chi connectivity index (χ2v) is 9.29. The maximum Gasteiger partial charge on any atom is 0.573 e. The molecule has 1 N–H and O–H groups in total. The summed E-state index contributed by atoms with van der Waals surface area (Å²) in [7, 11) is 2.19. The molecule has 2 heterocycles. The molecule has 0 spiro atoms. The van der Waals surface area contributed by atoms with Gasteiger partial charge in [0.1, 0.15) is 5.75 Å². The quantitative estimate of drug-likeness (QED) is 0.452. The number of aromatic hydroxyl groups is 1. The molecule has 4 nitrogen and oxygen atoms in total. The molecule has 1 aliphatic heterocycles. The Balaban J connectivity index is 1.42. The van der Waals surface area contributed by atoms with Crippen molar-refractivity contribution in [3.8, 4) is 11.6 Å². The highest BCUT2D eigenvalue weighted by molar-refractivity contribution is 5.91. The summed E-state index contributed by atoms with van der Waals surface area (Å²) in [6.45, 7) is 4.76. The van der Waals surface area contributed by atoms with Crippen molar-refractivity contribution in [2.45, 2.75) is 51.9 Å². The van der Waals surface area contributed by atoms with Gasteiger partial charge in [0.05, 0.1) is 6.54 Å². The predicted molar refractivity (Wildman–Crippen MR) is 124 cm³/mol. The molecule has 0 aliphatic carbocycles. The maximum atomic E-state index is 12.4. The fourth-order valence-corrected chi connectivity index (χ4v) is 4.88. The summed E-state index contributed by atoms with van der Waals surface area (Å²) in [4.78, 5) is 2.40. The summed E-state index contributed by atoms with van der Waals surface area (Å²) < 4.78 is 42.7. The van der Waals surface area contributed by atoms with E-state index >= 15 is 0 Å². The van der Waals surface area contributed by atoms with Crippen LogP contribution in [0.4, 0.5) is 13.2 Å². The molecule has 0 bridgehead atoms. The second kappa shape index (κ2) is 9.67. The van der Waals surface area contributed by atoms with E-state index in [0.717, 1.165) is 34.2 Å². The SMILES string of the molecule is Cc1cc(CCCC2CCN(C)CC2)cc2cn(Cc3ccc(OC(F)(F)F)cc3)c(O)c12. The van der Waals surface area contributed by atoms with Gasteiger partial charge in [-0.2, -0.15) is 0 Å². The van der Waals surface area contributed by atoms with Crippen molar-refractivity contribution in [1.82, 2.24) is 9.47 Å². The molecule has 2 aromatic carbocycles. The van der Waals surface area contributed by atoms with Gasteiger partial charge in [0.25, 0.3) is 0 Å². The highest BCUT2D eigenvalue weighted by Gasteiger charge is 2.31. The normalized spacial score (nSPS) is 15.9. The fourth-order valence-electron chi connectivity index (χ4n) is 4.88. The Labute approximate surface area is 192 Å². The van der Waals surface area contributed by atoms with Gasteiger partial charge in [0.15, 0.2) is 5.88 Å². The molecule has 0 atom stereocenters. The number of alkyl halides is 3. The van der Waals surface area contributed by atoms with Gasteiger partial charge >= 0.3 is 6.36 Å². The summed E-state index contributed by atoms with van der Waals surface area (Å²) in [6.07, 6.45) is 3.22. The molecule has 4 rings (SSSR count). The summed E-state index contributed by atoms with van der Waals surface area (Å²) in [6, 6.07) is 10.0. The van der Waals surface area contributed by atoms with Crippen molar-refractivity contribution in [2.24, 2.45) is 5.92 Å². The Morgan fingerprint density at radius 2 is 1.76 bits per heavy atom. The van der Waals surface area contributed by atoms with E-state index in [4.69, 9.17) is 0 Å².